The Morgan fingerprint density at radius 1 is 0.793 bits per heavy atom. The first-order chi connectivity index (χ1) is 14.2. The van der Waals surface area contributed by atoms with Crippen molar-refractivity contribution in [3.8, 4) is 11.1 Å². The lowest BCUT2D eigenvalue weighted by Crippen LogP contribution is -2.06. The molecule has 0 aliphatic carbocycles. The SMILES string of the molecule is CCCCCC[C@@H]1C[C@@H](c2ccc(-c3ccc(CCCCC)cc3)cc2)OC1=O. The zero-order valence-corrected chi connectivity index (χ0v) is 18.2. The van der Waals surface area contributed by atoms with Crippen molar-refractivity contribution in [2.45, 2.75) is 84.2 Å². The summed E-state index contributed by atoms with van der Waals surface area (Å²) in [5.74, 6) is 0.0750. The van der Waals surface area contributed by atoms with E-state index in [0.29, 0.717) is 0 Å². The van der Waals surface area contributed by atoms with Crippen LogP contribution >= 0.6 is 0 Å². The molecule has 1 fully saturated rings. The van der Waals surface area contributed by atoms with Crippen LogP contribution in [0.15, 0.2) is 48.5 Å². The number of rotatable bonds is 11. The van der Waals surface area contributed by atoms with E-state index in [2.05, 4.69) is 62.4 Å². The molecule has 0 amide bonds. The van der Waals surface area contributed by atoms with Crippen LogP contribution in [0, 0.1) is 5.92 Å². The highest BCUT2D eigenvalue weighted by Crippen LogP contribution is 2.36. The van der Waals surface area contributed by atoms with Gasteiger partial charge in [0, 0.05) is 6.42 Å². The summed E-state index contributed by atoms with van der Waals surface area (Å²) in [6.07, 6.45) is 11.6. The summed E-state index contributed by atoms with van der Waals surface area (Å²) in [5, 5.41) is 0. The van der Waals surface area contributed by atoms with Crippen molar-refractivity contribution in [2.75, 3.05) is 0 Å². The molecule has 0 N–H and O–H groups in total. The fourth-order valence-electron chi connectivity index (χ4n) is 4.23. The van der Waals surface area contributed by atoms with Crippen LogP contribution in [-0.2, 0) is 16.0 Å². The van der Waals surface area contributed by atoms with Crippen molar-refractivity contribution < 1.29 is 9.53 Å². The van der Waals surface area contributed by atoms with Gasteiger partial charge in [-0.25, -0.2) is 0 Å². The molecule has 0 aromatic heterocycles. The van der Waals surface area contributed by atoms with E-state index in [0.717, 1.165) is 24.8 Å². The number of carbonyl (C=O) groups excluding carboxylic acids is 1. The first-order valence-electron chi connectivity index (χ1n) is 11.6. The molecule has 156 valence electrons. The van der Waals surface area contributed by atoms with Gasteiger partial charge in [-0.3, -0.25) is 4.79 Å². The topological polar surface area (TPSA) is 26.3 Å². The molecule has 3 rings (SSSR count). The van der Waals surface area contributed by atoms with Crippen molar-refractivity contribution in [2.24, 2.45) is 5.92 Å². The fourth-order valence-corrected chi connectivity index (χ4v) is 4.23. The molecule has 1 aliphatic heterocycles. The van der Waals surface area contributed by atoms with Crippen LogP contribution in [0.4, 0.5) is 0 Å². The van der Waals surface area contributed by atoms with Crippen LogP contribution in [0.1, 0.15) is 88.9 Å². The molecule has 1 aliphatic rings. The van der Waals surface area contributed by atoms with Gasteiger partial charge in [0.15, 0.2) is 0 Å². The molecule has 0 bridgehead atoms. The Morgan fingerprint density at radius 2 is 1.41 bits per heavy atom. The van der Waals surface area contributed by atoms with Crippen LogP contribution in [0.3, 0.4) is 0 Å². The van der Waals surface area contributed by atoms with E-state index in [-0.39, 0.29) is 18.0 Å². The van der Waals surface area contributed by atoms with Gasteiger partial charge in [-0.2, -0.15) is 0 Å². The second-order valence-electron chi connectivity index (χ2n) is 8.48. The lowest BCUT2D eigenvalue weighted by Gasteiger charge is -2.11. The Balaban J connectivity index is 1.55. The van der Waals surface area contributed by atoms with Gasteiger partial charge in [0.1, 0.15) is 6.10 Å². The fraction of sp³-hybridized carbons (Fsp3) is 0.519. The summed E-state index contributed by atoms with van der Waals surface area (Å²) in [5.41, 5.74) is 5.00. The van der Waals surface area contributed by atoms with Gasteiger partial charge in [0.25, 0.3) is 0 Å². The van der Waals surface area contributed by atoms with Crippen LogP contribution in [0.25, 0.3) is 11.1 Å². The number of aryl methyl sites for hydroxylation is 1. The highest BCUT2D eigenvalue weighted by Gasteiger charge is 2.34. The molecule has 2 nitrogen and oxygen atoms in total. The first kappa shape index (κ1) is 21.6. The van der Waals surface area contributed by atoms with Gasteiger partial charge in [-0.1, -0.05) is 101 Å². The predicted octanol–water partition coefficient (Wildman–Crippen LogP) is 7.66. The molecular formula is C27H36O2. The van der Waals surface area contributed by atoms with E-state index < -0.39 is 0 Å². The lowest BCUT2D eigenvalue weighted by atomic mass is 9.94. The van der Waals surface area contributed by atoms with E-state index in [9.17, 15) is 4.79 Å². The number of carbonyl (C=O) groups is 1. The lowest BCUT2D eigenvalue weighted by molar-refractivity contribution is -0.144. The number of hydrogen-bond donors (Lipinski definition) is 0. The molecule has 0 saturated carbocycles. The number of benzene rings is 2. The Hall–Kier alpha value is -2.09. The summed E-state index contributed by atoms with van der Waals surface area (Å²) in [4.78, 5) is 12.2. The van der Waals surface area contributed by atoms with Crippen molar-refractivity contribution in [3.63, 3.8) is 0 Å². The maximum atomic E-state index is 12.2. The second-order valence-corrected chi connectivity index (χ2v) is 8.48. The molecule has 1 saturated heterocycles. The molecule has 2 aromatic rings. The van der Waals surface area contributed by atoms with Gasteiger partial charge in [-0.15, -0.1) is 0 Å². The molecule has 2 heteroatoms. The number of hydrogen-bond acceptors (Lipinski definition) is 2. The summed E-state index contributed by atoms with van der Waals surface area (Å²) in [6.45, 7) is 4.46. The molecule has 1 heterocycles. The third-order valence-corrected chi connectivity index (χ3v) is 6.14. The molecule has 0 spiro atoms. The average molecular weight is 393 g/mol. The summed E-state index contributed by atoms with van der Waals surface area (Å²) >= 11 is 0. The minimum Gasteiger partial charge on any atom is -0.457 e. The second kappa shape index (κ2) is 11.2. The average Bonchev–Trinajstić information content (AvgIpc) is 3.13. The van der Waals surface area contributed by atoms with Crippen molar-refractivity contribution in [3.05, 3.63) is 59.7 Å². The van der Waals surface area contributed by atoms with Crippen LogP contribution in [0.5, 0.6) is 0 Å². The summed E-state index contributed by atoms with van der Waals surface area (Å²) in [6, 6.07) is 17.5. The Kier molecular flexibility index (Phi) is 8.34. The highest BCUT2D eigenvalue weighted by molar-refractivity contribution is 5.75. The van der Waals surface area contributed by atoms with Crippen LogP contribution in [0.2, 0.25) is 0 Å². The van der Waals surface area contributed by atoms with Crippen molar-refractivity contribution in [1.29, 1.82) is 0 Å². The Morgan fingerprint density at radius 3 is 2.07 bits per heavy atom. The number of esters is 1. The quantitative estimate of drug-likeness (QED) is 0.290. The summed E-state index contributed by atoms with van der Waals surface area (Å²) < 4.78 is 5.69. The largest absolute Gasteiger partial charge is 0.457 e. The minimum atomic E-state index is -0.0753. The zero-order valence-electron chi connectivity index (χ0n) is 18.2. The first-order valence-corrected chi connectivity index (χ1v) is 11.6. The number of unbranched alkanes of at least 4 members (excludes halogenated alkanes) is 5. The van der Waals surface area contributed by atoms with Gasteiger partial charge in [0.05, 0.1) is 5.92 Å². The van der Waals surface area contributed by atoms with Gasteiger partial charge >= 0.3 is 5.97 Å². The van der Waals surface area contributed by atoms with Gasteiger partial charge in [0.2, 0.25) is 0 Å². The number of cyclic esters (lactones) is 1. The molecular weight excluding hydrogens is 356 g/mol. The van der Waals surface area contributed by atoms with E-state index in [4.69, 9.17) is 4.74 Å². The molecule has 2 atom stereocenters. The normalized spacial score (nSPS) is 18.8. The Labute approximate surface area is 176 Å². The van der Waals surface area contributed by atoms with E-state index in [1.165, 1.54) is 61.6 Å². The van der Waals surface area contributed by atoms with Crippen molar-refractivity contribution in [1.82, 2.24) is 0 Å². The minimum absolute atomic E-state index is 0.00534. The van der Waals surface area contributed by atoms with Crippen LogP contribution < -0.4 is 0 Å². The maximum absolute atomic E-state index is 12.2. The van der Waals surface area contributed by atoms with E-state index in [1.54, 1.807) is 0 Å². The third-order valence-electron chi connectivity index (χ3n) is 6.14. The Bertz CT molecular complexity index is 745. The standard InChI is InChI=1S/C27H36O2/c1-3-5-7-9-11-25-20-26(29-27(25)28)24-18-16-23(17-19-24)22-14-12-21(13-15-22)10-8-6-4-2/h12-19,25-26H,3-11,20H2,1-2H3/t25-,26+/m1/s1. The van der Waals surface area contributed by atoms with E-state index in [1.807, 2.05) is 0 Å². The van der Waals surface area contributed by atoms with Gasteiger partial charge in [-0.05, 0) is 41.5 Å². The van der Waals surface area contributed by atoms with E-state index >= 15 is 0 Å². The predicted molar refractivity (Wildman–Crippen MR) is 121 cm³/mol. The smallest absolute Gasteiger partial charge is 0.309 e. The van der Waals surface area contributed by atoms with Crippen molar-refractivity contribution >= 4 is 5.97 Å². The molecule has 0 radical (unpaired) electrons. The monoisotopic (exact) mass is 392 g/mol. The maximum Gasteiger partial charge on any atom is 0.309 e. The van der Waals surface area contributed by atoms with Crippen LogP contribution in [-0.4, -0.2) is 5.97 Å². The van der Waals surface area contributed by atoms with Gasteiger partial charge < -0.3 is 4.74 Å². The third kappa shape index (κ3) is 6.19. The molecule has 29 heavy (non-hydrogen) atoms. The molecule has 2 aromatic carbocycles. The highest BCUT2D eigenvalue weighted by atomic mass is 16.5. The number of ether oxygens (including phenoxy) is 1. The zero-order chi connectivity index (χ0) is 20.5. The molecule has 0 unspecified atom stereocenters. The summed E-state index contributed by atoms with van der Waals surface area (Å²) in [7, 11) is 0.